The van der Waals surface area contributed by atoms with E-state index < -0.39 is 0 Å². The van der Waals surface area contributed by atoms with Gasteiger partial charge in [0.2, 0.25) is 0 Å². The van der Waals surface area contributed by atoms with Gasteiger partial charge in [-0.25, -0.2) is 0 Å². The number of rotatable bonds is 3. The van der Waals surface area contributed by atoms with Gasteiger partial charge in [-0.15, -0.1) is 11.3 Å². The number of hydrogen-bond acceptors (Lipinski definition) is 3. The van der Waals surface area contributed by atoms with Crippen LogP contribution in [0, 0.1) is 0 Å². The highest BCUT2D eigenvalue weighted by atomic mass is 79.9. The molecular formula is C12H10BrNO2S. The largest absolute Gasteiger partial charge is 0.508 e. The minimum atomic E-state index is -0.189. The highest BCUT2D eigenvalue weighted by molar-refractivity contribution is 9.10. The molecule has 0 aliphatic heterocycles. The number of phenols is 1. The van der Waals surface area contributed by atoms with Gasteiger partial charge < -0.3 is 10.4 Å². The summed E-state index contributed by atoms with van der Waals surface area (Å²) >= 11 is 4.94. The van der Waals surface area contributed by atoms with Crippen LogP contribution in [0.5, 0.6) is 5.75 Å². The van der Waals surface area contributed by atoms with E-state index in [1.54, 1.807) is 23.5 Å². The van der Waals surface area contributed by atoms with Crippen LogP contribution < -0.4 is 5.32 Å². The van der Waals surface area contributed by atoms with Crippen LogP contribution in [0.2, 0.25) is 0 Å². The lowest BCUT2D eigenvalue weighted by Gasteiger charge is -2.03. The summed E-state index contributed by atoms with van der Waals surface area (Å²) < 4.78 is 1.02. The van der Waals surface area contributed by atoms with Gasteiger partial charge in [-0.1, -0.05) is 6.07 Å². The van der Waals surface area contributed by atoms with E-state index in [9.17, 15) is 9.90 Å². The summed E-state index contributed by atoms with van der Waals surface area (Å²) in [5.74, 6) is -0.0954. The molecule has 0 aliphatic rings. The Kier molecular flexibility index (Phi) is 3.81. The maximum Gasteiger partial charge on any atom is 0.251 e. The summed E-state index contributed by atoms with van der Waals surface area (Å²) in [5, 5.41) is 14.0. The molecule has 2 aromatic rings. The Hall–Kier alpha value is -1.33. The van der Waals surface area contributed by atoms with Gasteiger partial charge in [0.1, 0.15) is 5.75 Å². The molecule has 2 N–H and O–H groups in total. The third-order valence-electron chi connectivity index (χ3n) is 2.15. The standard InChI is InChI=1S/C12H10BrNO2S/c13-9-5-11(17-7-9)6-14-12(16)8-2-1-3-10(15)4-8/h1-5,7,15H,6H2,(H,14,16). The molecule has 0 aliphatic carbocycles. The fourth-order valence-electron chi connectivity index (χ4n) is 1.36. The fourth-order valence-corrected chi connectivity index (χ4v) is 2.75. The first-order valence-electron chi connectivity index (χ1n) is 4.95. The van der Waals surface area contributed by atoms with Crippen LogP contribution in [0.3, 0.4) is 0 Å². The summed E-state index contributed by atoms with van der Waals surface area (Å²) in [6.45, 7) is 0.491. The molecule has 0 saturated carbocycles. The van der Waals surface area contributed by atoms with Crippen LogP contribution in [0.15, 0.2) is 40.2 Å². The Bertz CT molecular complexity index is 539. The zero-order valence-corrected chi connectivity index (χ0v) is 11.2. The summed E-state index contributed by atoms with van der Waals surface area (Å²) in [4.78, 5) is 12.8. The minimum Gasteiger partial charge on any atom is -0.508 e. The highest BCUT2D eigenvalue weighted by Crippen LogP contribution is 2.19. The molecule has 17 heavy (non-hydrogen) atoms. The van der Waals surface area contributed by atoms with Crippen molar-refractivity contribution in [1.29, 1.82) is 0 Å². The number of halogens is 1. The molecular weight excluding hydrogens is 302 g/mol. The number of aromatic hydroxyl groups is 1. The lowest BCUT2D eigenvalue weighted by molar-refractivity contribution is 0.0951. The van der Waals surface area contributed by atoms with E-state index in [0.717, 1.165) is 9.35 Å². The molecule has 0 bridgehead atoms. The third-order valence-corrected chi connectivity index (χ3v) is 3.85. The number of carbonyl (C=O) groups excluding carboxylic acids is 1. The van der Waals surface area contributed by atoms with Crippen molar-refractivity contribution in [2.24, 2.45) is 0 Å². The molecule has 2 rings (SSSR count). The quantitative estimate of drug-likeness (QED) is 0.915. The third kappa shape index (κ3) is 3.31. The van der Waals surface area contributed by atoms with Gasteiger partial charge in [-0.2, -0.15) is 0 Å². The van der Waals surface area contributed by atoms with Crippen molar-refractivity contribution >= 4 is 33.2 Å². The molecule has 0 atom stereocenters. The monoisotopic (exact) mass is 311 g/mol. The van der Waals surface area contributed by atoms with Crippen molar-refractivity contribution in [2.45, 2.75) is 6.54 Å². The van der Waals surface area contributed by atoms with E-state index >= 15 is 0 Å². The maximum atomic E-state index is 11.7. The summed E-state index contributed by atoms with van der Waals surface area (Å²) in [6.07, 6.45) is 0. The molecule has 0 unspecified atom stereocenters. The highest BCUT2D eigenvalue weighted by Gasteiger charge is 2.06. The van der Waals surface area contributed by atoms with Gasteiger partial charge in [-0.05, 0) is 40.2 Å². The Labute approximate surface area is 111 Å². The number of amides is 1. The fraction of sp³-hybridized carbons (Fsp3) is 0.0833. The molecule has 1 heterocycles. The van der Waals surface area contributed by atoms with E-state index in [2.05, 4.69) is 21.2 Å². The van der Waals surface area contributed by atoms with Crippen LogP contribution >= 0.6 is 27.3 Å². The molecule has 1 aromatic carbocycles. The average molecular weight is 312 g/mol. The first kappa shape index (κ1) is 12.1. The molecule has 0 fully saturated rings. The molecule has 0 spiro atoms. The van der Waals surface area contributed by atoms with E-state index in [4.69, 9.17) is 0 Å². The zero-order chi connectivity index (χ0) is 12.3. The topological polar surface area (TPSA) is 49.3 Å². The molecule has 0 saturated heterocycles. The lowest BCUT2D eigenvalue weighted by Crippen LogP contribution is -2.22. The Balaban J connectivity index is 1.98. The lowest BCUT2D eigenvalue weighted by atomic mass is 10.2. The minimum absolute atomic E-state index is 0.0940. The normalized spacial score (nSPS) is 10.2. The molecule has 1 amide bonds. The van der Waals surface area contributed by atoms with E-state index in [1.807, 2.05) is 11.4 Å². The van der Waals surface area contributed by atoms with Crippen molar-refractivity contribution in [3.8, 4) is 5.75 Å². The van der Waals surface area contributed by atoms with Crippen LogP contribution in [0.4, 0.5) is 0 Å². The molecule has 3 nitrogen and oxygen atoms in total. The van der Waals surface area contributed by atoms with E-state index in [1.165, 1.54) is 12.1 Å². The molecule has 1 aromatic heterocycles. The second-order valence-electron chi connectivity index (χ2n) is 3.46. The first-order valence-corrected chi connectivity index (χ1v) is 6.62. The van der Waals surface area contributed by atoms with Crippen molar-refractivity contribution in [1.82, 2.24) is 5.32 Å². The van der Waals surface area contributed by atoms with Gasteiger partial charge in [0.25, 0.3) is 5.91 Å². The predicted molar refractivity (Wildman–Crippen MR) is 71.3 cm³/mol. The SMILES string of the molecule is O=C(NCc1cc(Br)cs1)c1cccc(O)c1. The molecule has 0 radical (unpaired) electrons. The van der Waals surface area contributed by atoms with Crippen molar-refractivity contribution in [3.63, 3.8) is 0 Å². The van der Waals surface area contributed by atoms with Gasteiger partial charge in [0.15, 0.2) is 0 Å². The summed E-state index contributed by atoms with van der Waals surface area (Å²) in [5.41, 5.74) is 0.459. The van der Waals surface area contributed by atoms with Crippen molar-refractivity contribution in [3.05, 3.63) is 50.6 Å². The van der Waals surface area contributed by atoms with E-state index in [0.29, 0.717) is 12.1 Å². The average Bonchev–Trinajstić information content (AvgIpc) is 2.72. The Morgan fingerprint density at radius 1 is 1.41 bits per heavy atom. The van der Waals surface area contributed by atoms with E-state index in [-0.39, 0.29) is 11.7 Å². The van der Waals surface area contributed by atoms with Crippen LogP contribution in [-0.2, 0) is 6.54 Å². The van der Waals surface area contributed by atoms with Gasteiger partial charge in [-0.3, -0.25) is 4.79 Å². The van der Waals surface area contributed by atoms with Gasteiger partial charge in [0.05, 0.1) is 6.54 Å². The molecule has 5 heteroatoms. The summed E-state index contributed by atoms with van der Waals surface area (Å²) in [6, 6.07) is 8.26. The maximum absolute atomic E-state index is 11.7. The number of hydrogen-bond donors (Lipinski definition) is 2. The van der Waals surface area contributed by atoms with Gasteiger partial charge >= 0.3 is 0 Å². The van der Waals surface area contributed by atoms with Crippen LogP contribution in [-0.4, -0.2) is 11.0 Å². The van der Waals surface area contributed by atoms with Crippen molar-refractivity contribution < 1.29 is 9.90 Å². The number of benzene rings is 1. The second kappa shape index (κ2) is 5.33. The molecule has 88 valence electrons. The number of phenolic OH excluding ortho intramolecular Hbond substituents is 1. The smallest absolute Gasteiger partial charge is 0.251 e. The Morgan fingerprint density at radius 2 is 2.24 bits per heavy atom. The van der Waals surface area contributed by atoms with Crippen LogP contribution in [0.25, 0.3) is 0 Å². The number of nitrogens with one attached hydrogen (secondary N) is 1. The number of carbonyl (C=O) groups is 1. The summed E-state index contributed by atoms with van der Waals surface area (Å²) in [7, 11) is 0. The first-order chi connectivity index (χ1) is 8.15. The zero-order valence-electron chi connectivity index (χ0n) is 8.81. The van der Waals surface area contributed by atoms with Crippen LogP contribution in [0.1, 0.15) is 15.2 Å². The number of thiophene rings is 1. The van der Waals surface area contributed by atoms with Gasteiger partial charge in [0, 0.05) is 20.3 Å². The Morgan fingerprint density at radius 3 is 2.88 bits per heavy atom. The second-order valence-corrected chi connectivity index (χ2v) is 5.38. The van der Waals surface area contributed by atoms with Crippen molar-refractivity contribution in [2.75, 3.05) is 0 Å². The predicted octanol–water partition coefficient (Wildman–Crippen LogP) is 3.15.